The van der Waals surface area contributed by atoms with Gasteiger partial charge in [0.2, 0.25) is 0 Å². The van der Waals surface area contributed by atoms with Crippen LogP contribution in [0, 0.1) is 5.41 Å². The number of hydrogen-bond donors (Lipinski definition) is 1. The second kappa shape index (κ2) is 8.13. The third-order valence-corrected chi connectivity index (χ3v) is 9.29. The van der Waals surface area contributed by atoms with Crippen molar-refractivity contribution in [3.8, 4) is 0 Å². The SMILES string of the molecule is CC(C)c1nc2c(c3c1[C@@H](c1ccc(C(C)(C)C)cc1)OC31CCOCC1)C(O)CC1(CCC1)C2. The summed E-state index contributed by atoms with van der Waals surface area (Å²) in [5.74, 6) is 0.292. The van der Waals surface area contributed by atoms with Crippen molar-refractivity contribution in [2.75, 3.05) is 13.2 Å². The van der Waals surface area contributed by atoms with Crippen molar-refractivity contribution in [2.45, 2.75) is 109 Å². The van der Waals surface area contributed by atoms with E-state index in [0.29, 0.717) is 19.1 Å². The van der Waals surface area contributed by atoms with E-state index in [9.17, 15) is 5.11 Å². The molecule has 2 aliphatic carbocycles. The highest BCUT2D eigenvalue weighted by Gasteiger charge is 2.53. The van der Waals surface area contributed by atoms with Gasteiger partial charge < -0.3 is 14.6 Å². The van der Waals surface area contributed by atoms with Crippen LogP contribution in [0.4, 0.5) is 0 Å². The maximum Gasteiger partial charge on any atom is 0.111 e. The van der Waals surface area contributed by atoms with Crippen LogP contribution in [0.5, 0.6) is 0 Å². The van der Waals surface area contributed by atoms with Crippen molar-refractivity contribution in [1.82, 2.24) is 4.98 Å². The molecule has 188 valence electrons. The third kappa shape index (κ3) is 3.70. The van der Waals surface area contributed by atoms with E-state index in [0.717, 1.165) is 42.6 Å². The molecular weight excluding hydrogens is 434 g/mol. The lowest BCUT2D eigenvalue weighted by Crippen LogP contribution is -2.40. The van der Waals surface area contributed by atoms with E-state index >= 15 is 0 Å². The lowest BCUT2D eigenvalue weighted by atomic mass is 9.58. The highest BCUT2D eigenvalue weighted by molar-refractivity contribution is 5.54. The lowest BCUT2D eigenvalue weighted by molar-refractivity contribution is -0.122. The fourth-order valence-electron chi connectivity index (χ4n) is 7.18. The molecule has 1 aromatic heterocycles. The average molecular weight is 476 g/mol. The zero-order chi connectivity index (χ0) is 24.6. The maximum atomic E-state index is 11.6. The van der Waals surface area contributed by atoms with Gasteiger partial charge in [0.25, 0.3) is 0 Å². The predicted octanol–water partition coefficient (Wildman–Crippen LogP) is 6.78. The van der Waals surface area contributed by atoms with Crippen molar-refractivity contribution in [3.63, 3.8) is 0 Å². The summed E-state index contributed by atoms with van der Waals surface area (Å²) in [6.07, 6.45) is 6.66. The molecule has 6 rings (SSSR count). The minimum absolute atomic E-state index is 0.111. The first-order chi connectivity index (χ1) is 16.6. The Balaban J connectivity index is 1.55. The number of ether oxygens (including phenoxy) is 2. The maximum absolute atomic E-state index is 11.6. The van der Waals surface area contributed by atoms with E-state index in [1.807, 2.05) is 0 Å². The lowest BCUT2D eigenvalue weighted by Gasteiger charge is -2.48. The van der Waals surface area contributed by atoms with Crippen LogP contribution < -0.4 is 0 Å². The summed E-state index contributed by atoms with van der Waals surface area (Å²) in [4.78, 5) is 5.35. The van der Waals surface area contributed by atoms with Gasteiger partial charge in [0.05, 0.1) is 11.7 Å². The Kier molecular flexibility index (Phi) is 5.49. The van der Waals surface area contributed by atoms with Gasteiger partial charge in [0.1, 0.15) is 6.10 Å². The Morgan fingerprint density at radius 2 is 1.69 bits per heavy atom. The number of nitrogens with zero attached hydrogens (tertiary/aromatic N) is 1. The van der Waals surface area contributed by atoms with Crippen LogP contribution in [0.2, 0.25) is 0 Å². The number of fused-ring (bicyclic) bond motifs is 4. The van der Waals surface area contributed by atoms with E-state index in [1.165, 1.54) is 41.5 Å². The molecule has 3 heterocycles. The molecule has 2 atom stereocenters. The molecule has 2 fully saturated rings. The number of aromatic nitrogens is 1. The Hall–Kier alpha value is -1.75. The van der Waals surface area contributed by atoms with E-state index in [-0.39, 0.29) is 16.9 Å². The standard InChI is InChI=1S/C31H41NO3/c1-19(2)27-25-26(24-22(32-27)17-30(11-6-12-30)18-23(24)33)31(13-15-34-16-14-31)35-28(25)20-7-9-21(10-8-20)29(3,4)5/h7-10,19,23,28,33H,6,11-18H2,1-5H3/t23?,28-/m1/s1. The number of rotatable bonds is 2. The number of pyridine rings is 1. The van der Waals surface area contributed by atoms with Gasteiger partial charge in [0, 0.05) is 48.6 Å². The van der Waals surface area contributed by atoms with E-state index in [4.69, 9.17) is 14.5 Å². The third-order valence-electron chi connectivity index (χ3n) is 9.29. The highest BCUT2D eigenvalue weighted by Crippen LogP contribution is 2.60. The molecule has 0 amide bonds. The average Bonchev–Trinajstić information content (AvgIpc) is 3.11. The fourth-order valence-corrected chi connectivity index (χ4v) is 7.18. The van der Waals surface area contributed by atoms with Gasteiger partial charge >= 0.3 is 0 Å². The van der Waals surface area contributed by atoms with Crippen LogP contribution in [0.1, 0.15) is 130 Å². The Labute approximate surface area is 210 Å². The van der Waals surface area contributed by atoms with E-state index in [2.05, 4.69) is 58.9 Å². The minimum Gasteiger partial charge on any atom is -0.388 e. The second-order valence-electron chi connectivity index (χ2n) is 13.0. The fraction of sp³-hybridized carbons (Fsp3) is 0.645. The molecule has 2 aliphatic heterocycles. The summed E-state index contributed by atoms with van der Waals surface area (Å²) in [6, 6.07) is 9.00. The molecular formula is C31H41NO3. The van der Waals surface area contributed by atoms with Crippen LogP contribution in [0.25, 0.3) is 0 Å². The van der Waals surface area contributed by atoms with Crippen molar-refractivity contribution >= 4 is 0 Å². The predicted molar refractivity (Wildman–Crippen MR) is 138 cm³/mol. The summed E-state index contributed by atoms with van der Waals surface area (Å²) in [5.41, 5.74) is 8.38. The Morgan fingerprint density at radius 3 is 2.26 bits per heavy atom. The summed E-state index contributed by atoms with van der Waals surface area (Å²) in [6.45, 7) is 12.7. The first-order valence-electron chi connectivity index (χ1n) is 13.7. The summed E-state index contributed by atoms with van der Waals surface area (Å²) < 4.78 is 13.0. The Bertz CT molecular complexity index is 1120. The monoisotopic (exact) mass is 475 g/mol. The number of aliphatic hydroxyl groups excluding tert-OH is 1. The molecule has 1 N–H and O–H groups in total. The molecule has 0 radical (unpaired) electrons. The van der Waals surface area contributed by atoms with Crippen LogP contribution in [-0.2, 0) is 26.9 Å². The number of hydrogen-bond acceptors (Lipinski definition) is 4. The first-order valence-corrected chi connectivity index (χ1v) is 13.7. The molecule has 4 aliphatic rings. The van der Waals surface area contributed by atoms with Crippen LogP contribution in [0.3, 0.4) is 0 Å². The molecule has 1 unspecified atom stereocenters. The van der Waals surface area contributed by atoms with E-state index in [1.54, 1.807) is 0 Å². The van der Waals surface area contributed by atoms with Gasteiger partial charge in [-0.1, -0.05) is 65.3 Å². The van der Waals surface area contributed by atoms with Crippen molar-refractivity contribution < 1.29 is 14.6 Å². The van der Waals surface area contributed by atoms with Gasteiger partial charge in [-0.3, -0.25) is 4.98 Å². The van der Waals surface area contributed by atoms with Gasteiger partial charge in [-0.15, -0.1) is 0 Å². The minimum atomic E-state index is -0.452. The van der Waals surface area contributed by atoms with Gasteiger partial charge in [-0.2, -0.15) is 0 Å². The normalized spacial score (nSPS) is 26.6. The van der Waals surface area contributed by atoms with Crippen LogP contribution >= 0.6 is 0 Å². The van der Waals surface area contributed by atoms with Crippen LogP contribution in [0.15, 0.2) is 24.3 Å². The summed E-state index contributed by atoms with van der Waals surface area (Å²) in [7, 11) is 0. The van der Waals surface area contributed by atoms with E-state index < -0.39 is 11.7 Å². The Morgan fingerprint density at radius 1 is 1.00 bits per heavy atom. The molecule has 1 saturated carbocycles. The van der Waals surface area contributed by atoms with Crippen molar-refractivity contribution in [1.29, 1.82) is 0 Å². The quantitative estimate of drug-likeness (QED) is 0.520. The smallest absolute Gasteiger partial charge is 0.111 e. The largest absolute Gasteiger partial charge is 0.388 e. The van der Waals surface area contributed by atoms with Gasteiger partial charge in [-0.05, 0) is 59.1 Å². The first kappa shape index (κ1) is 23.6. The molecule has 0 bridgehead atoms. The van der Waals surface area contributed by atoms with Crippen molar-refractivity contribution in [2.24, 2.45) is 5.41 Å². The van der Waals surface area contributed by atoms with Gasteiger partial charge in [0.15, 0.2) is 0 Å². The van der Waals surface area contributed by atoms with Gasteiger partial charge in [-0.25, -0.2) is 0 Å². The zero-order valence-corrected chi connectivity index (χ0v) is 22.1. The topological polar surface area (TPSA) is 51.6 Å². The number of aliphatic hydroxyl groups is 1. The number of benzene rings is 1. The summed E-state index contributed by atoms with van der Waals surface area (Å²) in [5, 5.41) is 11.6. The molecule has 2 aromatic rings. The second-order valence-corrected chi connectivity index (χ2v) is 13.0. The molecule has 4 heteroatoms. The van der Waals surface area contributed by atoms with Crippen LogP contribution in [-0.4, -0.2) is 23.3 Å². The molecule has 1 saturated heterocycles. The summed E-state index contributed by atoms with van der Waals surface area (Å²) >= 11 is 0. The zero-order valence-electron chi connectivity index (χ0n) is 22.1. The highest BCUT2D eigenvalue weighted by atomic mass is 16.5. The molecule has 2 spiro atoms. The van der Waals surface area contributed by atoms with Crippen molar-refractivity contribution in [3.05, 3.63) is 63.5 Å². The molecule has 1 aromatic carbocycles. The molecule has 4 nitrogen and oxygen atoms in total. The molecule has 35 heavy (non-hydrogen) atoms.